The fourth-order valence-electron chi connectivity index (χ4n) is 1.02. The SMILES string of the molecule is O=C(CCOCC(F)(F)F)NCc1cnc[nH]1. The van der Waals surface area contributed by atoms with Crippen LogP contribution in [0, 0.1) is 0 Å². The molecule has 0 saturated carbocycles. The lowest BCUT2D eigenvalue weighted by Gasteiger charge is -2.07. The van der Waals surface area contributed by atoms with E-state index in [4.69, 9.17) is 0 Å². The van der Waals surface area contributed by atoms with Crippen LogP contribution < -0.4 is 5.32 Å². The summed E-state index contributed by atoms with van der Waals surface area (Å²) in [5.41, 5.74) is 0.717. The van der Waals surface area contributed by atoms with Crippen molar-refractivity contribution in [2.24, 2.45) is 0 Å². The van der Waals surface area contributed by atoms with Gasteiger partial charge in [-0.25, -0.2) is 4.98 Å². The standard InChI is InChI=1S/C9H12F3N3O2/c10-9(11,12)5-17-2-1-8(16)14-4-7-3-13-6-15-7/h3,6H,1-2,4-5H2,(H,13,15)(H,14,16). The number of rotatable bonds is 6. The Morgan fingerprint density at radius 2 is 2.29 bits per heavy atom. The summed E-state index contributed by atoms with van der Waals surface area (Å²) in [6.45, 7) is -1.33. The fourth-order valence-corrected chi connectivity index (χ4v) is 1.02. The second-order valence-electron chi connectivity index (χ2n) is 3.27. The zero-order valence-electron chi connectivity index (χ0n) is 8.88. The predicted molar refractivity (Wildman–Crippen MR) is 51.9 cm³/mol. The van der Waals surface area contributed by atoms with E-state index in [1.165, 1.54) is 6.33 Å². The molecule has 2 N–H and O–H groups in total. The van der Waals surface area contributed by atoms with E-state index >= 15 is 0 Å². The number of nitrogens with zero attached hydrogens (tertiary/aromatic N) is 1. The Bertz CT molecular complexity index is 338. The van der Waals surface area contributed by atoms with Crippen molar-refractivity contribution in [3.05, 3.63) is 18.2 Å². The Labute approximate surface area is 95.4 Å². The van der Waals surface area contributed by atoms with E-state index in [2.05, 4.69) is 20.0 Å². The molecule has 1 rings (SSSR count). The van der Waals surface area contributed by atoms with Gasteiger partial charge in [0.15, 0.2) is 0 Å². The number of alkyl halides is 3. The second-order valence-corrected chi connectivity index (χ2v) is 3.27. The summed E-state index contributed by atoms with van der Waals surface area (Å²) in [6, 6.07) is 0. The summed E-state index contributed by atoms with van der Waals surface area (Å²) in [4.78, 5) is 17.7. The first-order valence-corrected chi connectivity index (χ1v) is 4.86. The van der Waals surface area contributed by atoms with Crippen LogP contribution in [0.15, 0.2) is 12.5 Å². The van der Waals surface area contributed by atoms with Crippen LogP contribution in [0.3, 0.4) is 0 Å². The molecule has 0 aliphatic heterocycles. The number of ether oxygens (including phenoxy) is 1. The summed E-state index contributed by atoms with van der Waals surface area (Å²) in [6.07, 6.45) is -1.45. The number of carbonyl (C=O) groups excluding carboxylic acids is 1. The van der Waals surface area contributed by atoms with Crippen LogP contribution in [0.1, 0.15) is 12.1 Å². The van der Waals surface area contributed by atoms with Crippen molar-refractivity contribution in [2.75, 3.05) is 13.2 Å². The first-order valence-electron chi connectivity index (χ1n) is 4.86. The number of carbonyl (C=O) groups is 1. The molecule has 1 amide bonds. The van der Waals surface area contributed by atoms with Crippen LogP contribution in [0.25, 0.3) is 0 Å². The number of imidazole rings is 1. The van der Waals surface area contributed by atoms with E-state index < -0.39 is 12.8 Å². The molecule has 1 aromatic rings. The van der Waals surface area contributed by atoms with Crippen molar-refractivity contribution in [3.63, 3.8) is 0 Å². The molecule has 0 bridgehead atoms. The van der Waals surface area contributed by atoms with Crippen molar-refractivity contribution in [2.45, 2.75) is 19.1 Å². The van der Waals surface area contributed by atoms with E-state index in [1.54, 1.807) is 6.20 Å². The third-order valence-corrected chi connectivity index (χ3v) is 1.77. The first-order chi connectivity index (χ1) is 7.97. The van der Waals surface area contributed by atoms with Gasteiger partial charge in [-0.1, -0.05) is 0 Å². The molecule has 0 spiro atoms. The minimum atomic E-state index is -4.35. The van der Waals surface area contributed by atoms with Crippen molar-refractivity contribution in [1.82, 2.24) is 15.3 Å². The second kappa shape index (κ2) is 6.24. The number of hydrogen-bond acceptors (Lipinski definition) is 3. The number of halogens is 3. The van der Waals surface area contributed by atoms with Gasteiger partial charge in [-0.2, -0.15) is 13.2 Å². The number of amides is 1. The normalized spacial score (nSPS) is 11.5. The molecule has 0 aliphatic rings. The highest BCUT2D eigenvalue weighted by atomic mass is 19.4. The average Bonchev–Trinajstić information content (AvgIpc) is 2.73. The summed E-state index contributed by atoms with van der Waals surface area (Å²) in [5.74, 6) is -0.373. The Kier molecular flexibility index (Phi) is 4.95. The van der Waals surface area contributed by atoms with Crippen molar-refractivity contribution < 1.29 is 22.7 Å². The maximum Gasteiger partial charge on any atom is 0.411 e. The van der Waals surface area contributed by atoms with E-state index in [1.807, 2.05) is 0 Å². The molecule has 0 fully saturated rings. The number of nitrogens with one attached hydrogen (secondary N) is 2. The molecule has 17 heavy (non-hydrogen) atoms. The molecular formula is C9H12F3N3O2. The molecule has 96 valence electrons. The zero-order chi connectivity index (χ0) is 12.7. The van der Waals surface area contributed by atoms with Crippen molar-refractivity contribution in [3.8, 4) is 0 Å². The fraction of sp³-hybridized carbons (Fsp3) is 0.556. The smallest absolute Gasteiger partial charge is 0.372 e. The van der Waals surface area contributed by atoms with Gasteiger partial charge in [0.05, 0.1) is 25.2 Å². The average molecular weight is 251 g/mol. The van der Waals surface area contributed by atoms with E-state index in [-0.39, 0.29) is 25.5 Å². The minimum absolute atomic E-state index is 0.107. The van der Waals surface area contributed by atoms with E-state index in [9.17, 15) is 18.0 Å². The van der Waals surface area contributed by atoms with Crippen molar-refractivity contribution >= 4 is 5.91 Å². The summed E-state index contributed by atoms with van der Waals surface area (Å²) in [5, 5.41) is 2.51. The quantitative estimate of drug-likeness (QED) is 0.741. The Morgan fingerprint density at radius 3 is 2.88 bits per heavy atom. The highest BCUT2D eigenvalue weighted by Crippen LogP contribution is 2.14. The lowest BCUT2D eigenvalue weighted by Crippen LogP contribution is -2.25. The molecule has 0 atom stereocenters. The number of aromatic amines is 1. The van der Waals surface area contributed by atoms with Gasteiger partial charge in [-0.3, -0.25) is 4.79 Å². The van der Waals surface area contributed by atoms with Crippen LogP contribution in [0.4, 0.5) is 13.2 Å². The molecule has 1 heterocycles. The molecule has 0 aliphatic carbocycles. The molecule has 1 aromatic heterocycles. The summed E-state index contributed by atoms with van der Waals surface area (Å²) >= 11 is 0. The molecule has 0 radical (unpaired) electrons. The van der Waals surface area contributed by atoms with Gasteiger partial charge >= 0.3 is 6.18 Å². The van der Waals surface area contributed by atoms with Crippen LogP contribution >= 0.6 is 0 Å². The molecular weight excluding hydrogens is 239 g/mol. The van der Waals surface area contributed by atoms with Crippen LogP contribution in [-0.2, 0) is 16.1 Å². The first kappa shape index (κ1) is 13.5. The number of hydrogen-bond donors (Lipinski definition) is 2. The van der Waals surface area contributed by atoms with Gasteiger partial charge in [0.1, 0.15) is 6.61 Å². The molecule has 5 nitrogen and oxygen atoms in total. The molecule has 8 heteroatoms. The molecule has 0 aromatic carbocycles. The maximum absolute atomic E-state index is 11.7. The minimum Gasteiger partial charge on any atom is -0.372 e. The topological polar surface area (TPSA) is 67.0 Å². The largest absolute Gasteiger partial charge is 0.411 e. The van der Waals surface area contributed by atoms with Crippen molar-refractivity contribution in [1.29, 1.82) is 0 Å². The predicted octanol–water partition coefficient (Wildman–Crippen LogP) is 0.995. The van der Waals surface area contributed by atoms with E-state index in [0.29, 0.717) is 0 Å². The van der Waals surface area contributed by atoms with Gasteiger partial charge < -0.3 is 15.0 Å². The van der Waals surface area contributed by atoms with Gasteiger partial charge in [0.25, 0.3) is 0 Å². The molecule has 0 saturated heterocycles. The third kappa shape index (κ3) is 6.56. The van der Waals surface area contributed by atoms with Gasteiger partial charge in [0, 0.05) is 12.6 Å². The zero-order valence-corrected chi connectivity index (χ0v) is 8.88. The van der Waals surface area contributed by atoms with Crippen LogP contribution in [0.2, 0.25) is 0 Å². The van der Waals surface area contributed by atoms with E-state index in [0.717, 1.165) is 5.69 Å². The van der Waals surface area contributed by atoms with Gasteiger partial charge in [0.2, 0.25) is 5.91 Å². The lowest BCUT2D eigenvalue weighted by molar-refractivity contribution is -0.174. The van der Waals surface area contributed by atoms with Crippen LogP contribution in [0.5, 0.6) is 0 Å². The van der Waals surface area contributed by atoms with Crippen LogP contribution in [-0.4, -0.2) is 35.3 Å². The highest BCUT2D eigenvalue weighted by Gasteiger charge is 2.27. The Morgan fingerprint density at radius 1 is 1.53 bits per heavy atom. The highest BCUT2D eigenvalue weighted by molar-refractivity contribution is 5.75. The summed E-state index contributed by atoms with van der Waals surface area (Å²) in [7, 11) is 0. The monoisotopic (exact) mass is 251 g/mol. The maximum atomic E-state index is 11.7. The van der Waals surface area contributed by atoms with Gasteiger partial charge in [-0.15, -0.1) is 0 Å². The molecule has 0 unspecified atom stereocenters. The van der Waals surface area contributed by atoms with Gasteiger partial charge in [-0.05, 0) is 0 Å². The summed E-state index contributed by atoms with van der Waals surface area (Å²) < 4.78 is 39.3. The lowest BCUT2D eigenvalue weighted by atomic mass is 10.4. The number of H-pyrrole nitrogens is 1. The third-order valence-electron chi connectivity index (χ3n) is 1.77. The Balaban J connectivity index is 2.06. The number of aromatic nitrogens is 2. The Hall–Kier alpha value is -1.57.